The van der Waals surface area contributed by atoms with E-state index in [4.69, 9.17) is 4.74 Å². The van der Waals surface area contributed by atoms with E-state index >= 15 is 0 Å². The third kappa shape index (κ3) is 1.73. The van der Waals surface area contributed by atoms with Gasteiger partial charge in [-0.25, -0.2) is 0 Å². The van der Waals surface area contributed by atoms with Crippen molar-refractivity contribution in [1.29, 1.82) is 0 Å². The van der Waals surface area contributed by atoms with Crippen LogP contribution < -0.4 is 10.1 Å². The van der Waals surface area contributed by atoms with E-state index in [0.29, 0.717) is 0 Å². The van der Waals surface area contributed by atoms with Crippen molar-refractivity contribution in [2.45, 2.75) is 9.79 Å². The summed E-state index contributed by atoms with van der Waals surface area (Å²) in [5, 5.41) is 3.35. The predicted molar refractivity (Wildman–Crippen MR) is 78.1 cm³/mol. The summed E-state index contributed by atoms with van der Waals surface area (Å²) in [6.07, 6.45) is 0. The summed E-state index contributed by atoms with van der Waals surface area (Å²) in [4.78, 5) is 2.06. The van der Waals surface area contributed by atoms with E-state index in [1.807, 2.05) is 24.3 Å². The van der Waals surface area contributed by atoms with Crippen molar-refractivity contribution in [3.05, 3.63) is 36.4 Å². The fraction of sp³-hybridized carbons (Fsp3) is 0.143. The SMILES string of the molecule is [O-][S+]1COc2c(-c3cccc4c3SCN4)cccc21. The Morgan fingerprint density at radius 1 is 1.16 bits per heavy atom. The van der Waals surface area contributed by atoms with E-state index in [2.05, 4.69) is 17.4 Å². The zero-order valence-corrected chi connectivity index (χ0v) is 11.6. The lowest BCUT2D eigenvalue weighted by Crippen LogP contribution is -2.01. The van der Waals surface area contributed by atoms with Crippen molar-refractivity contribution in [2.75, 3.05) is 17.1 Å². The summed E-state index contributed by atoms with van der Waals surface area (Å²) in [7, 11) is 0. The maximum atomic E-state index is 11.9. The third-order valence-corrected chi connectivity index (χ3v) is 5.48. The quantitative estimate of drug-likeness (QED) is 0.818. The number of ether oxygens (including phenoxy) is 1. The van der Waals surface area contributed by atoms with E-state index in [0.717, 1.165) is 27.6 Å². The molecule has 3 nitrogen and oxygen atoms in total. The lowest BCUT2D eigenvalue weighted by molar-refractivity contribution is 0.391. The average Bonchev–Trinajstić information content (AvgIpc) is 3.05. The molecule has 19 heavy (non-hydrogen) atoms. The molecule has 4 rings (SSSR count). The molecule has 0 saturated carbocycles. The van der Waals surface area contributed by atoms with E-state index in [1.54, 1.807) is 11.8 Å². The van der Waals surface area contributed by atoms with Gasteiger partial charge in [0.25, 0.3) is 5.94 Å². The van der Waals surface area contributed by atoms with Gasteiger partial charge in [0.1, 0.15) is 0 Å². The minimum Gasteiger partial charge on any atom is -0.609 e. The Hall–Kier alpha value is -1.30. The smallest absolute Gasteiger partial charge is 0.250 e. The van der Waals surface area contributed by atoms with Gasteiger partial charge in [0.05, 0.1) is 5.88 Å². The zero-order valence-electron chi connectivity index (χ0n) is 10.0. The van der Waals surface area contributed by atoms with Crippen LogP contribution in [0.2, 0.25) is 0 Å². The first kappa shape index (κ1) is 11.5. The van der Waals surface area contributed by atoms with Crippen molar-refractivity contribution >= 4 is 28.6 Å². The number of hydrogen-bond donors (Lipinski definition) is 1. The van der Waals surface area contributed by atoms with Gasteiger partial charge < -0.3 is 14.6 Å². The fourth-order valence-corrected chi connectivity index (χ4v) is 4.42. The van der Waals surface area contributed by atoms with Gasteiger partial charge in [-0.1, -0.05) is 24.3 Å². The van der Waals surface area contributed by atoms with Gasteiger partial charge in [0.2, 0.25) is 0 Å². The number of thioether (sulfide) groups is 1. The largest absolute Gasteiger partial charge is 0.609 e. The number of fused-ring (bicyclic) bond motifs is 2. The molecule has 0 aromatic heterocycles. The molecular formula is C14H11NO2S2. The summed E-state index contributed by atoms with van der Waals surface area (Å²) in [6, 6.07) is 12.1. The van der Waals surface area contributed by atoms with Crippen molar-refractivity contribution in [1.82, 2.24) is 0 Å². The molecule has 2 heterocycles. The Balaban J connectivity index is 1.93. The second kappa shape index (κ2) is 4.37. The lowest BCUT2D eigenvalue weighted by Gasteiger charge is -2.09. The molecule has 1 atom stereocenters. The second-order valence-corrected chi connectivity index (χ2v) is 6.74. The molecule has 96 valence electrons. The summed E-state index contributed by atoms with van der Waals surface area (Å²) in [6.45, 7) is 0. The summed E-state index contributed by atoms with van der Waals surface area (Å²) in [5.41, 5.74) is 3.36. The number of para-hydroxylation sites is 1. The minimum atomic E-state index is -1.02. The lowest BCUT2D eigenvalue weighted by atomic mass is 10.0. The first-order valence-electron chi connectivity index (χ1n) is 5.99. The Morgan fingerprint density at radius 3 is 2.95 bits per heavy atom. The Kier molecular flexibility index (Phi) is 2.65. The first-order chi connectivity index (χ1) is 9.34. The van der Waals surface area contributed by atoms with Crippen LogP contribution in [0.3, 0.4) is 0 Å². The normalized spacial score (nSPS) is 19.5. The highest BCUT2D eigenvalue weighted by Crippen LogP contribution is 2.46. The molecule has 0 aliphatic carbocycles. The Morgan fingerprint density at radius 2 is 2.00 bits per heavy atom. The monoisotopic (exact) mass is 289 g/mol. The minimum absolute atomic E-state index is 0.271. The average molecular weight is 289 g/mol. The van der Waals surface area contributed by atoms with Gasteiger partial charge in [0.15, 0.2) is 10.6 Å². The molecule has 5 heteroatoms. The third-order valence-electron chi connectivity index (χ3n) is 3.32. The maximum absolute atomic E-state index is 11.9. The number of rotatable bonds is 1. The Bertz CT molecular complexity index is 660. The molecular weight excluding hydrogens is 278 g/mol. The number of hydrogen-bond acceptors (Lipinski definition) is 4. The molecule has 0 amide bonds. The molecule has 0 saturated heterocycles. The van der Waals surface area contributed by atoms with Crippen LogP contribution in [0.4, 0.5) is 5.69 Å². The highest BCUT2D eigenvalue weighted by Gasteiger charge is 2.30. The van der Waals surface area contributed by atoms with Gasteiger partial charge in [-0.3, -0.25) is 0 Å². The van der Waals surface area contributed by atoms with Gasteiger partial charge in [-0.15, -0.1) is 11.8 Å². The van der Waals surface area contributed by atoms with Gasteiger partial charge in [-0.05, 0) is 12.1 Å². The highest BCUT2D eigenvalue weighted by molar-refractivity contribution is 8.00. The van der Waals surface area contributed by atoms with E-state index < -0.39 is 11.2 Å². The van der Waals surface area contributed by atoms with Gasteiger partial charge in [0, 0.05) is 32.9 Å². The molecule has 0 spiro atoms. The first-order valence-corrected chi connectivity index (χ1v) is 8.29. The second-order valence-electron chi connectivity index (χ2n) is 4.39. The van der Waals surface area contributed by atoms with Crippen molar-refractivity contribution in [3.8, 4) is 16.9 Å². The van der Waals surface area contributed by atoms with Gasteiger partial charge >= 0.3 is 0 Å². The molecule has 0 radical (unpaired) electrons. The molecule has 2 aromatic carbocycles. The van der Waals surface area contributed by atoms with Crippen LogP contribution >= 0.6 is 11.8 Å². The molecule has 0 bridgehead atoms. The van der Waals surface area contributed by atoms with Gasteiger partial charge in [-0.2, -0.15) is 0 Å². The van der Waals surface area contributed by atoms with Crippen molar-refractivity contribution in [3.63, 3.8) is 0 Å². The topological polar surface area (TPSA) is 44.3 Å². The highest BCUT2D eigenvalue weighted by atomic mass is 32.2. The maximum Gasteiger partial charge on any atom is 0.250 e. The van der Waals surface area contributed by atoms with Crippen LogP contribution in [0.25, 0.3) is 11.1 Å². The fourth-order valence-electron chi connectivity index (χ4n) is 2.46. The van der Waals surface area contributed by atoms with E-state index in [-0.39, 0.29) is 5.94 Å². The van der Waals surface area contributed by atoms with Crippen LogP contribution in [0.5, 0.6) is 5.75 Å². The molecule has 0 fully saturated rings. The Labute approximate surface area is 118 Å². The number of anilines is 1. The summed E-state index contributed by atoms with van der Waals surface area (Å²) < 4.78 is 17.5. The van der Waals surface area contributed by atoms with E-state index in [1.165, 1.54) is 10.6 Å². The molecule has 2 aromatic rings. The summed E-state index contributed by atoms with van der Waals surface area (Å²) >= 11 is 0.768. The molecule has 2 aliphatic heterocycles. The molecule has 1 unspecified atom stereocenters. The van der Waals surface area contributed by atoms with Crippen LogP contribution in [0, 0.1) is 0 Å². The van der Waals surface area contributed by atoms with Crippen LogP contribution in [0.15, 0.2) is 46.2 Å². The van der Waals surface area contributed by atoms with E-state index in [9.17, 15) is 4.55 Å². The zero-order chi connectivity index (χ0) is 12.8. The van der Waals surface area contributed by atoms with Crippen molar-refractivity contribution < 1.29 is 9.29 Å². The standard InChI is InChI=1S/C14H11NO2S2/c16-19-8-17-13-9(3-2-6-12(13)19)10-4-1-5-11-14(10)18-7-15-11/h1-6,15H,7-8H2. The van der Waals surface area contributed by atoms with Crippen LogP contribution in [-0.4, -0.2) is 16.4 Å². The summed E-state index contributed by atoms with van der Waals surface area (Å²) in [5.74, 6) is 1.95. The number of nitrogens with one attached hydrogen (secondary N) is 1. The molecule has 1 N–H and O–H groups in total. The predicted octanol–water partition coefficient (Wildman–Crippen LogP) is 3.29. The van der Waals surface area contributed by atoms with Crippen LogP contribution in [0.1, 0.15) is 0 Å². The van der Waals surface area contributed by atoms with Crippen LogP contribution in [-0.2, 0) is 11.2 Å². The van der Waals surface area contributed by atoms with Crippen molar-refractivity contribution in [2.24, 2.45) is 0 Å². The molecule has 2 aliphatic rings. The number of benzene rings is 2.